The number of benzene rings is 10. The van der Waals surface area contributed by atoms with E-state index in [4.69, 9.17) is 19.9 Å². The van der Waals surface area contributed by atoms with Crippen molar-refractivity contribution in [3.05, 3.63) is 248 Å². The number of nitrogens with zero attached hydrogens (tertiary/aromatic N) is 7. The number of para-hydroxylation sites is 4. The highest BCUT2D eigenvalue weighted by Gasteiger charge is 2.36. The van der Waals surface area contributed by atoms with Crippen LogP contribution in [0.5, 0.6) is 0 Å². The predicted molar refractivity (Wildman–Crippen MR) is 327 cm³/mol. The van der Waals surface area contributed by atoms with Crippen molar-refractivity contribution in [1.29, 1.82) is 0 Å². The van der Waals surface area contributed by atoms with Crippen LogP contribution in [0.25, 0.3) is 148 Å². The lowest BCUT2D eigenvalue weighted by molar-refractivity contribution is 0.661. The van der Waals surface area contributed by atoms with Crippen LogP contribution in [0.2, 0.25) is 0 Å². The first-order valence-electron chi connectivity index (χ1n) is 26.9. The Labute approximate surface area is 457 Å². The zero-order valence-corrected chi connectivity index (χ0v) is 43.9. The highest BCUT2D eigenvalue weighted by atomic mass is 32.1. The summed E-state index contributed by atoms with van der Waals surface area (Å²) in [6, 6.07) is 83.2. The number of hydrogen-bond donors (Lipinski definition) is 0. The highest BCUT2D eigenvalue weighted by molar-refractivity contribution is 7.26. The maximum Gasteiger partial charge on any atom is 0.238 e. The lowest BCUT2D eigenvalue weighted by Crippen LogP contribution is -2.15. The highest BCUT2D eigenvalue weighted by Crippen LogP contribution is 2.51. The first kappa shape index (κ1) is 44.1. The molecule has 0 bridgehead atoms. The summed E-state index contributed by atoms with van der Waals surface area (Å²) in [7, 11) is 0. The molecule has 7 nitrogen and oxygen atoms in total. The molecule has 0 spiro atoms. The molecule has 0 fully saturated rings. The molecule has 0 aliphatic heterocycles. The largest absolute Gasteiger partial charge is 0.309 e. The molecule has 1 aliphatic rings. The van der Waals surface area contributed by atoms with E-state index in [9.17, 15) is 0 Å². The maximum atomic E-state index is 5.36. The molecule has 6 aromatic heterocycles. The smallest absolute Gasteiger partial charge is 0.238 e. The molecule has 16 aromatic rings. The normalized spacial score (nSPS) is 13.0. The number of thiophene rings is 1. The van der Waals surface area contributed by atoms with Crippen molar-refractivity contribution in [1.82, 2.24) is 33.6 Å². The van der Waals surface area contributed by atoms with Crippen LogP contribution >= 0.6 is 11.3 Å². The van der Waals surface area contributed by atoms with Gasteiger partial charge in [-0.25, -0.2) is 9.97 Å². The van der Waals surface area contributed by atoms with Gasteiger partial charge in [-0.3, -0.25) is 9.13 Å². The molecule has 10 aromatic carbocycles. The standard InChI is InChI=1S/C71H45N7S/c1-71(2)57-23-11-6-18-47(57)53-40-55-51-22-10-15-27-62(51)78(64(55)41-58(53)71)70-74-67(43-16-4-3-5-17-43)73-68(75-70)44-30-28-42(29-31-44)45-32-34-63-54(38-45)50-21-9-14-26-61(50)77(63)69-66-52(36-37-72-69)56-39-46(33-35-65(56)79-66)76-59-24-12-7-19-48(59)49-20-8-13-25-60(49)76/h3-41H,1-2H3. The van der Waals surface area contributed by atoms with E-state index < -0.39 is 0 Å². The minimum atomic E-state index is -0.169. The predicted octanol–water partition coefficient (Wildman–Crippen LogP) is 18.2. The maximum absolute atomic E-state index is 5.36. The Morgan fingerprint density at radius 3 is 1.62 bits per heavy atom. The monoisotopic (exact) mass is 1030 g/mol. The van der Waals surface area contributed by atoms with Gasteiger partial charge in [0.05, 0.1) is 37.8 Å². The molecule has 0 amide bonds. The lowest BCUT2D eigenvalue weighted by Gasteiger charge is -2.21. The summed E-state index contributed by atoms with van der Waals surface area (Å²) < 4.78 is 9.39. The summed E-state index contributed by atoms with van der Waals surface area (Å²) in [6.45, 7) is 4.66. The average Bonchev–Trinajstić information content (AvgIpc) is 4.37. The summed E-state index contributed by atoms with van der Waals surface area (Å²) in [5.74, 6) is 2.75. The third-order valence-corrected chi connectivity index (χ3v) is 18.0. The molecular formula is C71H45N7S. The van der Waals surface area contributed by atoms with Gasteiger partial charge in [0.1, 0.15) is 0 Å². The second kappa shape index (κ2) is 16.5. The van der Waals surface area contributed by atoms with Gasteiger partial charge in [0.15, 0.2) is 17.5 Å². The molecule has 17 rings (SSSR count). The van der Waals surface area contributed by atoms with Crippen molar-refractivity contribution in [2.45, 2.75) is 19.3 Å². The summed E-state index contributed by atoms with van der Waals surface area (Å²) in [6.07, 6.45) is 1.97. The SMILES string of the molecule is CC1(C)c2ccccc2-c2cc3c4ccccc4n(-c4nc(-c5ccccc5)nc(-c5ccc(-c6ccc7c(c6)c6ccccc6n7-c6nccc7c6sc6ccc(-n8c9ccccc9c9ccccc98)cc67)cc5)n4)c3cc21. The van der Waals surface area contributed by atoms with Crippen molar-refractivity contribution in [2.75, 3.05) is 0 Å². The molecule has 0 saturated heterocycles. The van der Waals surface area contributed by atoms with E-state index in [2.05, 4.69) is 240 Å². The average molecular weight is 1030 g/mol. The van der Waals surface area contributed by atoms with Gasteiger partial charge in [0, 0.05) is 76.2 Å². The number of aromatic nitrogens is 7. The van der Waals surface area contributed by atoms with E-state index in [1.165, 1.54) is 75.7 Å². The van der Waals surface area contributed by atoms with Crippen molar-refractivity contribution in [3.8, 4) is 62.5 Å². The van der Waals surface area contributed by atoms with Gasteiger partial charge in [0.25, 0.3) is 0 Å². The molecule has 370 valence electrons. The fraction of sp³-hybridized carbons (Fsp3) is 0.0423. The van der Waals surface area contributed by atoms with E-state index in [-0.39, 0.29) is 5.41 Å². The number of pyridine rings is 1. The first-order valence-corrected chi connectivity index (χ1v) is 27.7. The van der Waals surface area contributed by atoms with Crippen LogP contribution in [0.4, 0.5) is 0 Å². The molecule has 1 aliphatic carbocycles. The molecular weight excluding hydrogens is 983 g/mol. The first-order chi connectivity index (χ1) is 38.9. The third-order valence-electron chi connectivity index (χ3n) is 16.8. The van der Waals surface area contributed by atoms with Crippen LogP contribution < -0.4 is 0 Å². The molecule has 0 unspecified atom stereocenters. The number of rotatable bonds is 6. The topological polar surface area (TPSA) is 66.3 Å². The Hall–Kier alpha value is -10.0. The van der Waals surface area contributed by atoms with Gasteiger partial charge in [-0.05, 0) is 106 Å². The second-order valence-electron chi connectivity index (χ2n) is 21.4. The Morgan fingerprint density at radius 1 is 0.354 bits per heavy atom. The van der Waals surface area contributed by atoms with Crippen LogP contribution in [0.3, 0.4) is 0 Å². The Bertz CT molecular complexity index is 5180. The third kappa shape index (κ3) is 6.40. The Morgan fingerprint density at radius 2 is 0.911 bits per heavy atom. The minimum Gasteiger partial charge on any atom is -0.309 e. The zero-order chi connectivity index (χ0) is 52.1. The van der Waals surface area contributed by atoms with Crippen molar-refractivity contribution in [2.24, 2.45) is 0 Å². The Balaban J connectivity index is 0.770. The van der Waals surface area contributed by atoms with E-state index >= 15 is 0 Å². The van der Waals surface area contributed by atoms with E-state index in [0.29, 0.717) is 17.6 Å². The number of fused-ring (bicyclic) bond motifs is 15. The second-order valence-corrected chi connectivity index (χ2v) is 22.5. The number of hydrogen-bond acceptors (Lipinski definition) is 5. The molecule has 6 heterocycles. The van der Waals surface area contributed by atoms with Crippen LogP contribution in [0, 0.1) is 0 Å². The molecule has 79 heavy (non-hydrogen) atoms. The van der Waals surface area contributed by atoms with Gasteiger partial charge in [-0.15, -0.1) is 11.3 Å². The van der Waals surface area contributed by atoms with Crippen molar-refractivity contribution in [3.63, 3.8) is 0 Å². The van der Waals surface area contributed by atoms with E-state index in [0.717, 1.165) is 65.9 Å². The van der Waals surface area contributed by atoms with E-state index in [1.54, 1.807) is 0 Å². The summed E-state index contributed by atoms with van der Waals surface area (Å²) >= 11 is 1.81. The fourth-order valence-corrected chi connectivity index (χ4v) is 14.2. The van der Waals surface area contributed by atoms with Crippen molar-refractivity contribution >= 4 is 96.9 Å². The fourth-order valence-electron chi connectivity index (χ4n) is 13.1. The zero-order valence-electron chi connectivity index (χ0n) is 43.1. The summed E-state index contributed by atoms with van der Waals surface area (Å²) in [5, 5.41) is 9.63. The molecule has 8 heteroatoms. The summed E-state index contributed by atoms with van der Waals surface area (Å²) in [5.41, 5.74) is 17.0. The van der Waals surface area contributed by atoms with Crippen LogP contribution in [-0.4, -0.2) is 33.6 Å². The van der Waals surface area contributed by atoms with Gasteiger partial charge < -0.3 is 4.57 Å². The van der Waals surface area contributed by atoms with Crippen LogP contribution in [0.1, 0.15) is 25.0 Å². The molecule has 0 radical (unpaired) electrons. The van der Waals surface area contributed by atoms with Crippen LogP contribution in [-0.2, 0) is 5.41 Å². The van der Waals surface area contributed by atoms with Gasteiger partial charge in [-0.1, -0.05) is 172 Å². The summed E-state index contributed by atoms with van der Waals surface area (Å²) in [4.78, 5) is 21.0. The molecule has 0 N–H and O–H groups in total. The van der Waals surface area contributed by atoms with Gasteiger partial charge >= 0.3 is 0 Å². The Kier molecular flexibility index (Phi) is 9.22. The van der Waals surface area contributed by atoms with E-state index in [1.807, 2.05) is 35.7 Å². The minimum absolute atomic E-state index is 0.169. The quantitative estimate of drug-likeness (QED) is 0.166. The molecule has 0 saturated carbocycles. The van der Waals surface area contributed by atoms with Crippen molar-refractivity contribution < 1.29 is 0 Å². The van der Waals surface area contributed by atoms with Crippen LogP contribution in [0.15, 0.2) is 237 Å². The van der Waals surface area contributed by atoms with Gasteiger partial charge in [0.2, 0.25) is 5.95 Å². The molecule has 0 atom stereocenters. The lowest BCUT2D eigenvalue weighted by atomic mass is 9.82. The van der Waals surface area contributed by atoms with Gasteiger partial charge in [-0.2, -0.15) is 9.97 Å².